The van der Waals surface area contributed by atoms with E-state index in [9.17, 15) is 65.2 Å². The van der Waals surface area contributed by atoms with Crippen molar-refractivity contribution in [3.63, 3.8) is 0 Å². The molecule has 3 unspecified atom stereocenters. The number of halogens is 4. The number of rotatable bonds is 28. The number of hydrogen-bond acceptors (Lipinski definition) is 30. The van der Waals surface area contributed by atoms with Crippen LogP contribution in [0.4, 0.5) is 17.5 Å². The van der Waals surface area contributed by atoms with E-state index in [0.717, 1.165) is 33.8 Å². The number of nitrogens with two attached hydrogens (primary N) is 3. The lowest BCUT2D eigenvalue weighted by atomic mass is 9.94. The molecule has 3 fully saturated rings. The van der Waals surface area contributed by atoms with Crippen LogP contribution in [-0.4, -0.2) is 173 Å². The van der Waals surface area contributed by atoms with E-state index in [4.69, 9.17) is 61.8 Å². The summed E-state index contributed by atoms with van der Waals surface area (Å²) in [6.07, 6.45) is 6.79. The monoisotopic (exact) mass is 1690 g/mol. The molecule has 40 heteroatoms. The average Bonchev–Trinajstić information content (AvgIpc) is 1.68. The van der Waals surface area contributed by atoms with Crippen molar-refractivity contribution in [1.29, 1.82) is 0 Å². The molecule has 0 spiro atoms. The van der Waals surface area contributed by atoms with Crippen LogP contribution in [0.2, 0.25) is 20.1 Å². The van der Waals surface area contributed by atoms with Gasteiger partial charge < -0.3 is 41.5 Å². The van der Waals surface area contributed by atoms with Gasteiger partial charge in [0.05, 0.1) is 85.4 Å². The summed E-state index contributed by atoms with van der Waals surface area (Å²) >= 11 is 28.2. The number of nitrogens with one attached hydrogen (secondary N) is 3. The van der Waals surface area contributed by atoms with E-state index in [1.807, 2.05) is 49.8 Å². The molecule has 3 saturated carbocycles. The highest BCUT2D eigenvalue weighted by molar-refractivity contribution is 7.84. The Balaban J connectivity index is 0.000000174. The number of thiophene rings is 3. The highest BCUT2D eigenvalue weighted by atomic mass is 35.5. The fourth-order valence-corrected chi connectivity index (χ4v) is 17.8. The second kappa shape index (κ2) is 36.6. The van der Waals surface area contributed by atoms with Gasteiger partial charge in [0, 0.05) is 74.4 Å². The Labute approximate surface area is 659 Å². The number of aliphatic hydroxyl groups excluding tert-OH is 4. The first kappa shape index (κ1) is 84.4. The van der Waals surface area contributed by atoms with E-state index in [2.05, 4.69) is 63.3 Å². The molecule has 0 aliphatic heterocycles. The van der Waals surface area contributed by atoms with Crippen LogP contribution >= 0.6 is 80.4 Å². The molecule has 6 aromatic heterocycles. The first-order chi connectivity index (χ1) is 51.5. The third-order valence-electron chi connectivity index (χ3n) is 18.1. The molecule has 6 heterocycles. The zero-order valence-electron chi connectivity index (χ0n) is 58.0. The number of aromatic nitrogens is 6. The van der Waals surface area contributed by atoms with Crippen LogP contribution in [0.3, 0.4) is 0 Å². The highest BCUT2D eigenvalue weighted by Crippen LogP contribution is 2.41. The minimum atomic E-state index is -4.12. The molecule has 12 rings (SSSR count). The molecule has 582 valence electrons. The lowest BCUT2D eigenvalue weighted by molar-refractivity contribution is 0.100. The van der Waals surface area contributed by atoms with Gasteiger partial charge in [-0.1, -0.05) is 82.8 Å². The van der Waals surface area contributed by atoms with Gasteiger partial charge >= 0.3 is 30.9 Å². The van der Waals surface area contributed by atoms with Crippen molar-refractivity contribution in [1.82, 2.24) is 34.8 Å². The summed E-state index contributed by atoms with van der Waals surface area (Å²) in [4.78, 5) is 69.0. The normalized spacial score (nSPS) is 21.1. The lowest BCUT2D eigenvalue weighted by Gasteiger charge is -2.24. The van der Waals surface area contributed by atoms with Crippen molar-refractivity contribution in [3.8, 4) is 0 Å². The minimum Gasteiger partial charge on any atom is -0.393 e. The van der Waals surface area contributed by atoms with Crippen molar-refractivity contribution in [3.05, 3.63) is 223 Å². The Kier molecular flexibility index (Phi) is 28.3. The lowest BCUT2D eigenvalue weighted by Crippen LogP contribution is -2.24. The maximum Gasteiger partial charge on any atom is 0.333 e. The van der Waals surface area contributed by atoms with E-state index in [0.29, 0.717) is 89.2 Å². The predicted molar refractivity (Wildman–Crippen MR) is 413 cm³/mol. The van der Waals surface area contributed by atoms with Gasteiger partial charge in [0.15, 0.2) is 0 Å². The van der Waals surface area contributed by atoms with Gasteiger partial charge in [0.1, 0.15) is 48.1 Å². The third kappa shape index (κ3) is 22.9. The van der Waals surface area contributed by atoms with E-state index < -0.39 is 84.5 Å². The third-order valence-corrected chi connectivity index (χ3v) is 24.0. The molecular formula is C69H75Cl4N13O17S6. The van der Waals surface area contributed by atoms with Crippen molar-refractivity contribution < 1.29 is 77.7 Å². The van der Waals surface area contributed by atoms with Gasteiger partial charge in [-0.05, 0) is 148 Å². The van der Waals surface area contributed by atoms with Crippen LogP contribution < -0.4 is 31.4 Å². The fourth-order valence-electron chi connectivity index (χ4n) is 12.8. The van der Waals surface area contributed by atoms with Crippen LogP contribution in [-0.2, 0) is 49.1 Å². The number of carbonyl (C=O) groups excluding carboxylic acids is 3. The quantitative estimate of drug-likeness (QED) is 0.0206. The summed E-state index contributed by atoms with van der Waals surface area (Å²) in [5.41, 5.74) is 2.47. The molecule has 0 amide bonds. The van der Waals surface area contributed by atoms with Gasteiger partial charge in [-0.25, -0.2) is 45.3 Å². The second-order valence-corrected chi connectivity index (χ2v) is 34.7. The van der Waals surface area contributed by atoms with Crippen molar-refractivity contribution in [2.24, 2.45) is 33.2 Å². The van der Waals surface area contributed by atoms with Gasteiger partial charge in [-0.2, -0.15) is 25.3 Å². The van der Waals surface area contributed by atoms with E-state index in [1.165, 1.54) is 55.0 Å². The molecule has 0 radical (unpaired) electrons. The zero-order valence-corrected chi connectivity index (χ0v) is 65.9. The van der Waals surface area contributed by atoms with Crippen LogP contribution in [0.15, 0.2) is 140 Å². The Morgan fingerprint density at radius 2 is 0.963 bits per heavy atom. The number of anilines is 3. The summed E-state index contributed by atoms with van der Waals surface area (Å²) in [7, 11) is -8.39. The van der Waals surface area contributed by atoms with Crippen LogP contribution in [0, 0.1) is 17.8 Å². The number of hydrogen-bond donors (Lipinski definition) is 11. The maximum absolute atomic E-state index is 13.5. The Hall–Kier alpha value is -7.06. The summed E-state index contributed by atoms with van der Waals surface area (Å²) in [5, 5.41) is 80.8. The molecule has 12 atom stereocenters. The van der Waals surface area contributed by atoms with Gasteiger partial charge in [0.2, 0.25) is 17.3 Å². The number of nitrogens with zero attached hydrogens (tertiary/aromatic N) is 7. The molecule has 9 aromatic rings. The summed E-state index contributed by atoms with van der Waals surface area (Å²) in [6.45, 7) is 0.932. The van der Waals surface area contributed by atoms with Crippen molar-refractivity contribution >= 4 is 146 Å². The van der Waals surface area contributed by atoms with Crippen LogP contribution in [0.1, 0.15) is 135 Å². The molecule has 14 N–H and O–H groups in total. The topological polar surface area (TPSA) is 477 Å². The number of aliphatic hydroxyl groups is 5. The predicted octanol–water partition coefficient (Wildman–Crippen LogP) is 8.22. The first-order valence-electron chi connectivity index (χ1n) is 33.2. The molecule has 109 heavy (non-hydrogen) atoms. The summed E-state index contributed by atoms with van der Waals surface area (Å²) in [6, 6.07) is 27.0. The number of ketones is 3. The van der Waals surface area contributed by atoms with Gasteiger partial charge in [-0.15, -0.1) is 34.0 Å². The van der Waals surface area contributed by atoms with Crippen LogP contribution in [0.25, 0.3) is 0 Å². The Morgan fingerprint density at radius 1 is 0.550 bits per heavy atom. The molecule has 30 nitrogen and oxygen atoms in total. The summed E-state index contributed by atoms with van der Waals surface area (Å²) in [5.74, 6) is -1.41. The van der Waals surface area contributed by atoms with Gasteiger partial charge in [0.25, 0.3) is 0 Å². The molecule has 3 aliphatic rings. The minimum absolute atomic E-state index is 0.0856. The number of benzene rings is 3. The molecule has 0 bridgehead atoms. The average molecular weight is 1690 g/mol. The molecular weight excluding hydrogens is 1620 g/mol. The maximum atomic E-state index is 13.5. The van der Waals surface area contributed by atoms with Crippen molar-refractivity contribution in [2.45, 2.75) is 99.6 Å². The first-order valence-corrected chi connectivity index (χ1v) is 41.6. The SMILES string of the molecule is CC(O)(c1cccc(Cl)c1)c1ccc(C(=O)c2cncnc2N[C@@H]2C[C@H](COS(N)(=O)=O)[C@@H](O)C2)s1.CN(C)C(c1cccc(Cl)c1)c1csc(C(=O)c2cncnc2N[C@@H]2C[C@H](COS(N)(=O)=O)[C@@H](O)C2)c1.NS(=O)(=O)OC[C@H]1C[C@@H](Nc2ncncc2C(=O)c2cc(Cl)c(C(O)c3cccc(Cl)c3)s2)C[C@@H]1O. The second-order valence-electron chi connectivity index (χ2n) is 26.3. The molecule has 3 aromatic carbocycles. The largest absolute Gasteiger partial charge is 0.393 e. The van der Waals surface area contributed by atoms with E-state index in [-0.39, 0.29) is 94.6 Å². The summed E-state index contributed by atoms with van der Waals surface area (Å²) < 4.78 is 80.3. The van der Waals surface area contributed by atoms with E-state index in [1.54, 1.807) is 67.6 Å². The highest BCUT2D eigenvalue weighted by Gasteiger charge is 2.39. The molecule has 3 aliphatic carbocycles. The smallest absolute Gasteiger partial charge is 0.333 e. The Bertz CT molecular complexity index is 5090. The zero-order chi connectivity index (χ0) is 78.9. The number of carbonyl (C=O) groups is 3. The standard InChI is InChI=1S/C24H28ClN5O5S2.C23H25ClN4O6S2.C22H22Cl2N4O6S2/c1-30(2)22(14-4-3-5-17(25)6-14)16-8-21(36-12-16)23(32)19-10-27-13-28-24(19)29-18-7-15(20(31)9-18)11-35-37(26,33)34;1-23(31,14-3-2-4-15(24)8-14)20-6-5-19(35-20)21(30)17-10-26-12-27-22(17)28-16-7-13(18(29)9-16)11-34-36(25,32)33;23-13-3-1-2-11(4-13)19(30)21-16(24)7-18(35-21)20(31)15-8-26-10-27-22(15)28-14-5-12(17(29)6-14)9-34-36(25,32)33/h3-6,8,10,12-13,15,18,20,22,31H,7,9,11H2,1-2H3,(H2,26,33,34)(H,27,28,29);2-6,8,10,12-13,16,18,29,31H,7,9,11H2,1H3,(H2,25,32,33)(H,26,27,28);1-4,7-8,10,12,14,17,19,29-30H,5-6,9H2,(H2,25,32,33)(H,26,27,28)/t15-,18-,20+,22?;13-,16-,18+,23?;12-,14-,17+,19?/m111/s1. The fraction of sp³-hybridized carbons (Fsp3) is 0.348. The van der Waals surface area contributed by atoms with Gasteiger partial charge in [-0.3, -0.25) is 31.8 Å². The van der Waals surface area contributed by atoms with Crippen LogP contribution in [0.5, 0.6) is 0 Å². The van der Waals surface area contributed by atoms with Crippen molar-refractivity contribution in [2.75, 3.05) is 49.9 Å². The van der Waals surface area contributed by atoms with E-state index >= 15 is 0 Å². The molecule has 0 saturated heterocycles. The Morgan fingerprint density at radius 3 is 1.39 bits per heavy atom.